The van der Waals surface area contributed by atoms with Gasteiger partial charge in [0.2, 0.25) is 0 Å². The average Bonchev–Trinajstić information content (AvgIpc) is 2.24. The fourth-order valence-electron chi connectivity index (χ4n) is 1.58. The van der Waals surface area contributed by atoms with Crippen molar-refractivity contribution in [2.45, 2.75) is 26.4 Å². The highest BCUT2D eigenvalue weighted by Crippen LogP contribution is 2.25. The van der Waals surface area contributed by atoms with Crippen molar-refractivity contribution in [3.05, 3.63) is 18.3 Å². The summed E-state index contributed by atoms with van der Waals surface area (Å²) in [6.45, 7) is 6.89. The van der Waals surface area contributed by atoms with Gasteiger partial charge in [-0.3, -0.25) is 0 Å². The van der Waals surface area contributed by atoms with Gasteiger partial charge in [-0.2, -0.15) is 0 Å². The maximum atomic E-state index is 9.83. The molecule has 0 amide bonds. The van der Waals surface area contributed by atoms with Crippen LogP contribution in [0.2, 0.25) is 0 Å². The first-order valence-electron chi connectivity index (χ1n) is 5.44. The molecule has 0 aromatic carbocycles. The van der Waals surface area contributed by atoms with Crippen LogP contribution in [0, 0.1) is 0 Å². The van der Waals surface area contributed by atoms with Gasteiger partial charge in [0.05, 0.1) is 12.7 Å². The Hall–Kier alpha value is -1.29. The number of anilines is 1. The van der Waals surface area contributed by atoms with Gasteiger partial charge in [0.25, 0.3) is 0 Å². The molecule has 1 N–H and O–H groups in total. The summed E-state index contributed by atoms with van der Waals surface area (Å²) in [6, 6.07) is 3.70. The largest absolute Gasteiger partial charge is 0.493 e. The van der Waals surface area contributed by atoms with Crippen molar-refractivity contribution >= 4 is 5.82 Å². The van der Waals surface area contributed by atoms with Crippen LogP contribution < -0.4 is 9.64 Å². The van der Waals surface area contributed by atoms with E-state index >= 15 is 0 Å². The summed E-state index contributed by atoms with van der Waals surface area (Å²) < 4.78 is 5.26. The maximum Gasteiger partial charge on any atom is 0.171 e. The Morgan fingerprint density at radius 1 is 1.50 bits per heavy atom. The third-order valence-corrected chi connectivity index (χ3v) is 2.23. The SMILES string of the molecule is CCN(CC(C)(C)O)c1ncccc1OC. The first-order chi connectivity index (χ1) is 7.48. The van der Waals surface area contributed by atoms with Crippen LogP contribution in [-0.2, 0) is 0 Å². The van der Waals surface area contributed by atoms with E-state index in [1.165, 1.54) is 0 Å². The third-order valence-electron chi connectivity index (χ3n) is 2.23. The van der Waals surface area contributed by atoms with E-state index < -0.39 is 5.60 Å². The normalized spacial score (nSPS) is 11.3. The fraction of sp³-hybridized carbons (Fsp3) is 0.583. The Morgan fingerprint density at radius 2 is 2.19 bits per heavy atom. The summed E-state index contributed by atoms with van der Waals surface area (Å²) in [7, 11) is 1.62. The molecule has 1 heterocycles. The second-order valence-electron chi connectivity index (χ2n) is 4.36. The van der Waals surface area contributed by atoms with E-state index in [1.807, 2.05) is 24.0 Å². The number of ether oxygens (including phenoxy) is 1. The number of hydrogen-bond acceptors (Lipinski definition) is 4. The van der Waals surface area contributed by atoms with Crippen LogP contribution >= 0.6 is 0 Å². The monoisotopic (exact) mass is 224 g/mol. The summed E-state index contributed by atoms with van der Waals surface area (Å²) in [5.74, 6) is 1.50. The maximum absolute atomic E-state index is 9.83. The Morgan fingerprint density at radius 3 is 2.69 bits per heavy atom. The summed E-state index contributed by atoms with van der Waals surface area (Å²) in [6.07, 6.45) is 1.73. The molecule has 0 atom stereocenters. The summed E-state index contributed by atoms with van der Waals surface area (Å²) in [4.78, 5) is 6.29. The standard InChI is InChI=1S/C12H20N2O2/c1-5-14(9-12(2,3)15)11-10(16-4)7-6-8-13-11/h6-8,15H,5,9H2,1-4H3. The number of aromatic nitrogens is 1. The van der Waals surface area contributed by atoms with Crippen molar-refractivity contribution in [2.75, 3.05) is 25.1 Å². The molecule has 0 fully saturated rings. The third kappa shape index (κ3) is 3.38. The molecule has 4 nitrogen and oxygen atoms in total. The van der Waals surface area contributed by atoms with Crippen LogP contribution in [0.15, 0.2) is 18.3 Å². The van der Waals surface area contributed by atoms with E-state index in [2.05, 4.69) is 4.98 Å². The zero-order chi connectivity index (χ0) is 12.2. The highest BCUT2D eigenvalue weighted by atomic mass is 16.5. The lowest BCUT2D eigenvalue weighted by Gasteiger charge is -2.29. The average molecular weight is 224 g/mol. The molecule has 0 radical (unpaired) electrons. The first-order valence-corrected chi connectivity index (χ1v) is 5.44. The molecule has 0 aliphatic carbocycles. The van der Waals surface area contributed by atoms with Crippen LogP contribution in [0.5, 0.6) is 5.75 Å². The topological polar surface area (TPSA) is 45.6 Å². The van der Waals surface area contributed by atoms with Crippen molar-refractivity contribution < 1.29 is 9.84 Å². The smallest absolute Gasteiger partial charge is 0.171 e. The lowest BCUT2D eigenvalue weighted by atomic mass is 10.1. The summed E-state index contributed by atoms with van der Waals surface area (Å²) >= 11 is 0. The van der Waals surface area contributed by atoms with Gasteiger partial charge in [0, 0.05) is 19.3 Å². The number of rotatable bonds is 5. The second kappa shape index (κ2) is 5.16. The molecule has 0 unspecified atom stereocenters. The molecule has 1 aromatic heterocycles. The zero-order valence-corrected chi connectivity index (χ0v) is 10.4. The number of hydrogen-bond donors (Lipinski definition) is 1. The van der Waals surface area contributed by atoms with Gasteiger partial charge in [-0.05, 0) is 32.9 Å². The van der Waals surface area contributed by atoms with Gasteiger partial charge >= 0.3 is 0 Å². The van der Waals surface area contributed by atoms with Crippen LogP contribution in [-0.4, -0.2) is 35.9 Å². The Labute approximate surface area is 96.9 Å². The lowest BCUT2D eigenvalue weighted by Crippen LogP contribution is -2.39. The molecule has 0 saturated carbocycles. The lowest BCUT2D eigenvalue weighted by molar-refractivity contribution is 0.0873. The molecule has 16 heavy (non-hydrogen) atoms. The minimum atomic E-state index is -0.751. The molecule has 1 aromatic rings. The molecule has 1 rings (SSSR count). The van der Waals surface area contributed by atoms with Crippen molar-refractivity contribution in [1.29, 1.82) is 0 Å². The molecule has 4 heteroatoms. The molecule has 90 valence electrons. The van der Waals surface area contributed by atoms with E-state index in [0.29, 0.717) is 6.54 Å². The number of methoxy groups -OCH3 is 1. The quantitative estimate of drug-likeness (QED) is 0.826. The van der Waals surface area contributed by atoms with Crippen LogP contribution in [0.4, 0.5) is 5.82 Å². The van der Waals surface area contributed by atoms with Gasteiger partial charge in [0.15, 0.2) is 11.6 Å². The van der Waals surface area contributed by atoms with Crippen LogP contribution in [0.3, 0.4) is 0 Å². The van der Waals surface area contributed by atoms with E-state index in [-0.39, 0.29) is 0 Å². The molecule has 0 spiro atoms. The van der Waals surface area contributed by atoms with Gasteiger partial charge in [-0.1, -0.05) is 0 Å². The molecule has 0 bridgehead atoms. The summed E-state index contributed by atoms with van der Waals surface area (Å²) in [5, 5.41) is 9.83. The van der Waals surface area contributed by atoms with Gasteiger partial charge < -0.3 is 14.7 Å². The van der Waals surface area contributed by atoms with Crippen LogP contribution in [0.25, 0.3) is 0 Å². The Bertz CT molecular complexity index is 334. The van der Waals surface area contributed by atoms with E-state index in [1.54, 1.807) is 27.2 Å². The van der Waals surface area contributed by atoms with Gasteiger partial charge in [0.1, 0.15) is 0 Å². The molecule has 0 aliphatic heterocycles. The van der Waals surface area contributed by atoms with E-state index in [4.69, 9.17) is 4.74 Å². The number of aliphatic hydroxyl groups is 1. The van der Waals surface area contributed by atoms with Gasteiger partial charge in [-0.15, -0.1) is 0 Å². The van der Waals surface area contributed by atoms with E-state index in [0.717, 1.165) is 18.1 Å². The Kier molecular flexibility index (Phi) is 4.12. The molecular weight excluding hydrogens is 204 g/mol. The van der Waals surface area contributed by atoms with E-state index in [9.17, 15) is 5.11 Å². The number of pyridine rings is 1. The number of nitrogens with zero attached hydrogens (tertiary/aromatic N) is 2. The molecule has 0 saturated heterocycles. The van der Waals surface area contributed by atoms with Gasteiger partial charge in [-0.25, -0.2) is 4.98 Å². The van der Waals surface area contributed by atoms with Crippen molar-refractivity contribution in [2.24, 2.45) is 0 Å². The van der Waals surface area contributed by atoms with Crippen molar-refractivity contribution in [3.63, 3.8) is 0 Å². The predicted octanol–water partition coefficient (Wildman–Crippen LogP) is 1.69. The van der Waals surface area contributed by atoms with Crippen LogP contribution in [0.1, 0.15) is 20.8 Å². The first kappa shape index (κ1) is 12.8. The zero-order valence-electron chi connectivity index (χ0n) is 10.4. The highest BCUT2D eigenvalue weighted by molar-refractivity contribution is 5.52. The highest BCUT2D eigenvalue weighted by Gasteiger charge is 2.20. The summed E-state index contributed by atoms with van der Waals surface area (Å²) in [5.41, 5.74) is -0.751. The predicted molar refractivity (Wildman–Crippen MR) is 65.0 cm³/mol. The fourth-order valence-corrected chi connectivity index (χ4v) is 1.58. The second-order valence-corrected chi connectivity index (χ2v) is 4.36. The molecule has 0 aliphatic rings. The minimum absolute atomic E-state index is 0.525. The minimum Gasteiger partial charge on any atom is -0.493 e. The molecular formula is C12H20N2O2. The van der Waals surface area contributed by atoms with Crippen molar-refractivity contribution in [1.82, 2.24) is 4.98 Å². The number of likely N-dealkylation sites (N-methyl/N-ethyl adjacent to an activating group) is 1. The Balaban J connectivity index is 2.94. The van der Waals surface area contributed by atoms with Crippen molar-refractivity contribution in [3.8, 4) is 5.75 Å².